The molecule has 0 spiro atoms. The van der Waals surface area contributed by atoms with E-state index in [-0.39, 0.29) is 11.6 Å². The third-order valence-electron chi connectivity index (χ3n) is 1.75. The number of hydrogen-bond acceptors (Lipinski definition) is 3. The zero-order valence-corrected chi connectivity index (χ0v) is 8.12. The van der Waals surface area contributed by atoms with Gasteiger partial charge in [-0.3, -0.25) is 0 Å². The smallest absolute Gasteiger partial charge is 0.215 e. The fourth-order valence-corrected chi connectivity index (χ4v) is 1.64. The summed E-state index contributed by atoms with van der Waals surface area (Å²) < 4.78 is 0.746. The summed E-state index contributed by atoms with van der Waals surface area (Å²) in [5.74, 6) is -0.152. The number of fused-ring (bicyclic) bond motifs is 1. The molecule has 1 aromatic heterocycles. The molecule has 13 heavy (non-hydrogen) atoms. The number of nitrogens with zero attached hydrogens (tertiary/aromatic N) is 1. The largest absolute Gasteiger partial charge is 0.507 e. The molecule has 0 saturated heterocycles. The molecule has 0 bridgehead atoms. The summed E-state index contributed by atoms with van der Waals surface area (Å²) in [6.07, 6.45) is 0. The molecule has 0 aliphatic rings. The highest BCUT2D eigenvalue weighted by Crippen LogP contribution is 2.30. The number of rotatable bonds is 0. The zero-order chi connectivity index (χ0) is 9.42. The lowest BCUT2D eigenvalue weighted by Gasteiger charge is -2.02. The van der Waals surface area contributed by atoms with Crippen molar-refractivity contribution in [2.45, 2.75) is 0 Å². The Morgan fingerprint density at radius 2 is 2.00 bits per heavy atom. The van der Waals surface area contributed by atoms with Crippen LogP contribution in [-0.2, 0) is 0 Å². The normalized spacial score (nSPS) is 10.5. The molecule has 0 saturated carbocycles. The highest BCUT2D eigenvalue weighted by molar-refractivity contribution is 9.10. The second kappa shape index (κ2) is 2.88. The second-order valence-corrected chi connectivity index (χ2v) is 3.49. The summed E-state index contributed by atoms with van der Waals surface area (Å²) in [4.78, 5) is 3.88. The third kappa shape index (κ3) is 1.33. The van der Waals surface area contributed by atoms with E-state index < -0.39 is 0 Å². The van der Waals surface area contributed by atoms with Gasteiger partial charge in [0.25, 0.3) is 0 Å². The Morgan fingerprint density at radius 1 is 1.23 bits per heavy atom. The molecule has 0 unspecified atom stereocenters. The minimum absolute atomic E-state index is 0.0313. The van der Waals surface area contributed by atoms with E-state index >= 15 is 0 Å². The van der Waals surface area contributed by atoms with Gasteiger partial charge in [-0.05, 0) is 28.1 Å². The maximum atomic E-state index is 9.46. The van der Waals surface area contributed by atoms with Gasteiger partial charge in [0.05, 0.1) is 5.52 Å². The van der Waals surface area contributed by atoms with Gasteiger partial charge < -0.3 is 10.2 Å². The van der Waals surface area contributed by atoms with Gasteiger partial charge in [0, 0.05) is 15.9 Å². The molecule has 4 heteroatoms. The predicted octanol–water partition coefficient (Wildman–Crippen LogP) is 2.41. The second-order valence-electron chi connectivity index (χ2n) is 2.64. The SMILES string of the molecule is Oc1cc(O)c2cccc(Br)c2n1. The first-order chi connectivity index (χ1) is 6.18. The van der Waals surface area contributed by atoms with Crippen LogP contribution in [0.4, 0.5) is 0 Å². The first-order valence-corrected chi connectivity index (χ1v) is 4.45. The Kier molecular flexibility index (Phi) is 1.84. The molecule has 2 aromatic rings. The lowest BCUT2D eigenvalue weighted by molar-refractivity contribution is 0.440. The van der Waals surface area contributed by atoms with E-state index in [1.54, 1.807) is 18.2 Å². The maximum Gasteiger partial charge on any atom is 0.215 e. The molecule has 3 nitrogen and oxygen atoms in total. The molecule has 0 aliphatic heterocycles. The molecule has 1 heterocycles. The number of hydrogen-bond donors (Lipinski definition) is 2. The van der Waals surface area contributed by atoms with Crippen LogP contribution in [-0.4, -0.2) is 15.2 Å². The van der Waals surface area contributed by atoms with Crippen molar-refractivity contribution in [3.8, 4) is 11.6 Å². The molecule has 1 aromatic carbocycles. The minimum atomic E-state index is -0.183. The van der Waals surface area contributed by atoms with E-state index in [0.29, 0.717) is 10.9 Å². The molecular formula is C9H6BrNO2. The van der Waals surface area contributed by atoms with Gasteiger partial charge in [-0.25, -0.2) is 4.98 Å². The Morgan fingerprint density at radius 3 is 2.77 bits per heavy atom. The van der Waals surface area contributed by atoms with Crippen molar-refractivity contribution in [2.75, 3.05) is 0 Å². The van der Waals surface area contributed by atoms with Gasteiger partial charge in [-0.1, -0.05) is 6.07 Å². The lowest BCUT2D eigenvalue weighted by Crippen LogP contribution is -1.81. The number of halogens is 1. The molecule has 0 atom stereocenters. The predicted molar refractivity (Wildman–Crippen MR) is 52.8 cm³/mol. The summed E-state index contributed by atoms with van der Waals surface area (Å²) in [5.41, 5.74) is 0.556. The first kappa shape index (κ1) is 8.31. The Balaban J connectivity index is 2.94. The third-order valence-corrected chi connectivity index (χ3v) is 2.39. The van der Waals surface area contributed by atoms with Crippen LogP contribution in [0.3, 0.4) is 0 Å². The first-order valence-electron chi connectivity index (χ1n) is 3.65. The van der Waals surface area contributed by atoms with E-state index in [0.717, 1.165) is 4.47 Å². The van der Waals surface area contributed by atoms with Gasteiger partial charge in [0.1, 0.15) is 5.75 Å². The monoisotopic (exact) mass is 239 g/mol. The fraction of sp³-hybridized carbons (Fsp3) is 0. The van der Waals surface area contributed by atoms with E-state index in [9.17, 15) is 5.11 Å². The average Bonchev–Trinajstić information content (AvgIpc) is 2.07. The summed E-state index contributed by atoms with van der Waals surface area (Å²) in [7, 11) is 0. The summed E-state index contributed by atoms with van der Waals surface area (Å²) in [5, 5.41) is 19.2. The Labute approximate surface area is 82.8 Å². The van der Waals surface area contributed by atoms with Crippen LogP contribution in [0.1, 0.15) is 0 Å². The molecule has 0 amide bonds. The van der Waals surface area contributed by atoms with Crippen LogP contribution < -0.4 is 0 Å². The van der Waals surface area contributed by atoms with Crippen LogP contribution >= 0.6 is 15.9 Å². The molecule has 0 radical (unpaired) electrons. The van der Waals surface area contributed by atoms with Crippen LogP contribution in [0.5, 0.6) is 11.6 Å². The maximum absolute atomic E-state index is 9.46. The molecule has 0 fully saturated rings. The molecule has 2 rings (SSSR count). The topological polar surface area (TPSA) is 53.4 Å². The van der Waals surface area contributed by atoms with Crippen molar-refractivity contribution in [1.82, 2.24) is 4.98 Å². The van der Waals surface area contributed by atoms with Crippen molar-refractivity contribution in [3.63, 3.8) is 0 Å². The standard InChI is InChI=1S/C9H6BrNO2/c10-6-3-1-2-5-7(12)4-8(13)11-9(5)6/h1-4H,(H2,11,12,13). The average molecular weight is 240 g/mol. The number of pyridine rings is 1. The lowest BCUT2D eigenvalue weighted by atomic mass is 10.2. The van der Waals surface area contributed by atoms with E-state index in [4.69, 9.17) is 5.11 Å². The van der Waals surface area contributed by atoms with Crippen molar-refractivity contribution in [1.29, 1.82) is 0 Å². The fourth-order valence-electron chi connectivity index (χ4n) is 1.18. The highest BCUT2D eigenvalue weighted by atomic mass is 79.9. The summed E-state index contributed by atoms with van der Waals surface area (Å²) in [6.45, 7) is 0. The number of aromatic nitrogens is 1. The van der Waals surface area contributed by atoms with Crippen molar-refractivity contribution in [2.24, 2.45) is 0 Å². The van der Waals surface area contributed by atoms with E-state index in [2.05, 4.69) is 20.9 Å². The van der Waals surface area contributed by atoms with Gasteiger partial charge in [0.15, 0.2) is 0 Å². The minimum Gasteiger partial charge on any atom is -0.507 e. The quantitative estimate of drug-likeness (QED) is 0.743. The summed E-state index contributed by atoms with van der Waals surface area (Å²) >= 11 is 3.28. The summed E-state index contributed by atoms with van der Waals surface area (Å²) in [6, 6.07) is 6.55. The Hall–Kier alpha value is -1.29. The molecule has 66 valence electrons. The number of aromatic hydroxyl groups is 2. The molecule has 2 N–H and O–H groups in total. The highest BCUT2D eigenvalue weighted by Gasteiger charge is 2.05. The van der Waals surface area contributed by atoms with Crippen LogP contribution in [0.25, 0.3) is 10.9 Å². The van der Waals surface area contributed by atoms with Gasteiger partial charge in [-0.15, -0.1) is 0 Å². The van der Waals surface area contributed by atoms with Crippen LogP contribution in [0.2, 0.25) is 0 Å². The molecule has 0 aliphatic carbocycles. The van der Waals surface area contributed by atoms with E-state index in [1.807, 2.05) is 0 Å². The van der Waals surface area contributed by atoms with Gasteiger partial charge >= 0.3 is 0 Å². The zero-order valence-electron chi connectivity index (χ0n) is 6.53. The van der Waals surface area contributed by atoms with Gasteiger partial charge in [0.2, 0.25) is 5.88 Å². The van der Waals surface area contributed by atoms with Gasteiger partial charge in [-0.2, -0.15) is 0 Å². The molecular weight excluding hydrogens is 234 g/mol. The van der Waals surface area contributed by atoms with E-state index in [1.165, 1.54) is 6.07 Å². The van der Waals surface area contributed by atoms with Crippen molar-refractivity contribution >= 4 is 26.8 Å². The number of para-hydroxylation sites is 1. The van der Waals surface area contributed by atoms with Crippen LogP contribution in [0.15, 0.2) is 28.7 Å². The van der Waals surface area contributed by atoms with Crippen molar-refractivity contribution < 1.29 is 10.2 Å². The van der Waals surface area contributed by atoms with Crippen LogP contribution in [0, 0.1) is 0 Å². The number of benzene rings is 1. The van der Waals surface area contributed by atoms with Crippen molar-refractivity contribution in [3.05, 3.63) is 28.7 Å². The Bertz CT molecular complexity index is 470.